The van der Waals surface area contributed by atoms with Crippen LogP contribution < -0.4 is 5.32 Å². The topological polar surface area (TPSA) is 59.7 Å². The Morgan fingerprint density at radius 2 is 1.68 bits per heavy atom. The zero-order chi connectivity index (χ0) is 40.5. The maximum Gasteiger partial charge on any atom is 0.416 e. The molecule has 4 aromatic rings. The molecule has 0 saturated heterocycles. The van der Waals surface area contributed by atoms with Gasteiger partial charge in [0.2, 0.25) is 0 Å². The van der Waals surface area contributed by atoms with E-state index < -0.39 is 17.2 Å². The second-order valence-corrected chi connectivity index (χ2v) is 16.1. The van der Waals surface area contributed by atoms with Gasteiger partial charge in [-0.1, -0.05) is 118 Å². The minimum atomic E-state index is -4.43. The third-order valence-corrected chi connectivity index (χ3v) is 12.5. The van der Waals surface area contributed by atoms with Crippen LogP contribution in [0.5, 0.6) is 0 Å². The van der Waals surface area contributed by atoms with Gasteiger partial charge in [0.25, 0.3) is 0 Å². The summed E-state index contributed by atoms with van der Waals surface area (Å²) in [6.07, 6.45) is 8.51. The number of halogens is 3. The van der Waals surface area contributed by atoms with Crippen LogP contribution >= 0.6 is 0 Å². The summed E-state index contributed by atoms with van der Waals surface area (Å²) in [5.74, 6) is 0.465. The van der Waals surface area contributed by atoms with Crippen LogP contribution in [0.15, 0.2) is 138 Å². The van der Waals surface area contributed by atoms with Gasteiger partial charge in [0, 0.05) is 35.7 Å². The van der Waals surface area contributed by atoms with Crippen molar-refractivity contribution in [3.05, 3.63) is 183 Å². The molecule has 2 N–H and O–H groups in total. The third-order valence-electron chi connectivity index (χ3n) is 12.5. The average Bonchev–Trinajstić information content (AvgIpc) is 3.33. The quantitative estimate of drug-likeness (QED) is 0.158. The fourth-order valence-electron chi connectivity index (χ4n) is 9.82. The lowest BCUT2D eigenvalue weighted by Crippen LogP contribution is -2.37. The van der Waals surface area contributed by atoms with Gasteiger partial charge in [0.05, 0.1) is 17.2 Å². The van der Waals surface area contributed by atoms with Crippen molar-refractivity contribution in [2.75, 3.05) is 6.54 Å². The summed E-state index contributed by atoms with van der Waals surface area (Å²) in [5.41, 5.74) is 12.0. The smallest absolute Gasteiger partial charge is 0.388 e. The molecule has 3 aliphatic rings. The van der Waals surface area contributed by atoms with Gasteiger partial charge in [-0.15, -0.1) is 0 Å². The predicted molar refractivity (Wildman–Crippen MR) is 227 cm³/mol. The lowest BCUT2D eigenvalue weighted by molar-refractivity contribution is -0.137. The first-order chi connectivity index (χ1) is 27.4. The summed E-state index contributed by atoms with van der Waals surface area (Å²) in [4.78, 5) is 0. The number of hydrogen-bond acceptors (Lipinski definition) is 3. The molecular formula is C51H50F3N3. The fourth-order valence-corrected chi connectivity index (χ4v) is 9.82. The van der Waals surface area contributed by atoms with E-state index in [-0.39, 0.29) is 11.8 Å². The van der Waals surface area contributed by atoms with Crippen molar-refractivity contribution in [1.29, 1.82) is 10.7 Å². The van der Waals surface area contributed by atoms with E-state index in [1.807, 2.05) is 31.2 Å². The number of alkyl halides is 3. The first-order valence-electron chi connectivity index (χ1n) is 20.0. The molecule has 0 amide bonds. The Balaban J connectivity index is 1.57. The molecule has 4 unspecified atom stereocenters. The highest BCUT2D eigenvalue weighted by Gasteiger charge is 2.55. The van der Waals surface area contributed by atoms with Gasteiger partial charge in [-0.2, -0.15) is 18.4 Å². The van der Waals surface area contributed by atoms with Crippen LogP contribution in [0.4, 0.5) is 13.2 Å². The SMILES string of the molecule is CCC(c1ccccc1CC1(C2=C(C)NCCc3ccccc32)C(/C=C(\C)c2ccc(C(F)(F)F)cc2)=C(C=N)C2C=CC(c3ccc(C#N)cc3)=CC21)C(C)C. The summed E-state index contributed by atoms with van der Waals surface area (Å²) in [6.45, 7) is 11.8. The van der Waals surface area contributed by atoms with Crippen molar-refractivity contribution in [3.8, 4) is 6.07 Å². The summed E-state index contributed by atoms with van der Waals surface area (Å²) in [7, 11) is 0. The van der Waals surface area contributed by atoms with Gasteiger partial charge in [-0.3, -0.25) is 0 Å². The minimum absolute atomic E-state index is 0.138. The molecule has 4 aromatic carbocycles. The van der Waals surface area contributed by atoms with E-state index in [2.05, 4.69) is 112 Å². The van der Waals surface area contributed by atoms with Crippen LogP contribution in [0.2, 0.25) is 0 Å². The van der Waals surface area contributed by atoms with Crippen molar-refractivity contribution in [1.82, 2.24) is 5.32 Å². The molecule has 0 fully saturated rings. The van der Waals surface area contributed by atoms with Crippen molar-refractivity contribution < 1.29 is 13.2 Å². The minimum Gasteiger partial charge on any atom is -0.388 e. The molecule has 6 heteroatoms. The van der Waals surface area contributed by atoms with Gasteiger partial charge in [-0.25, -0.2) is 0 Å². The van der Waals surface area contributed by atoms with E-state index in [0.29, 0.717) is 29.4 Å². The Morgan fingerprint density at radius 3 is 2.35 bits per heavy atom. The molecule has 0 radical (unpaired) electrons. The zero-order valence-electron chi connectivity index (χ0n) is 33.3. The number of allylic oxidation sites excluding steroid dienone is 10. The van der Waals surface area contributed by atoms with Crippen molar-refractivity contribution >= 4 is 22.9 Å². The number of benzene rings is 4. The van der Waals surface area contributed by atoms with Crippen LogP contribution in [-0.4, -0.2) is 12.8 Å². The van der Waals surface area contributed by atoms with E-state index >= 15 is 0 Å². The maximum atomic E-state index is 13.7. The molecule has 0 bridgehead atoms. The van der Waals surface area contributed by atoms with Gasteiger partial charge >= 0.3 is 6.18 Å². The average molecular weight is 762 g/mol. The third kappa shape index (κ3) is 7.37. The second kappa shape index (κ2) is 16.1. The molecule has 57 heavy (non-hydrogen) atoms. The zero-order valence-corrected chi connectivity index (χ0v) is 33.3. The van der Waals surface area contributed by atoms with E-state index in [0.717, 1.165) is 65.1 Å². The lowest BCUT2D eigenvalue weighted by Gasteiger charge is -2.44. The van der Waals surface area contributed by atoms with Gasteiger partial charge in [0.1, 0.15) is 0 Å². The number of rotatable bonds is 10. The maximum absolute atomic E-state index is 13.7. The first-order valence-corrected chi connectivity index (χ1v) is 20.0. The molecule has 0 aromatic heterocycles. The summed E-state index contributed by atoms with van der Waals surface area (Å²) in [5, 5.41) is 22.5. The molecule has 2 aliphatic carbocycles. The highest BCUT2D eigenvalue weighted by atomic mass is 19.4. The molecule has 4 atom stereocenters. The summed E-state index contributed by atoms with van der Waals surface area (Å²) in [6, 6.07) is 32.9. The van der Waals surface area contributed by atoms with Crippen LogP contribution in [0, 0.1) is 39.9 Å². The van der Waals surface area contributed by atoms with Crippen LogP contribution in [-0.2, 0) is 19.0 Å². The van der Waals surface area contributed by atoms with Crippen LogP contribution in [0.25, 0.3) is 16.7 Å². The Labute approximate surface area is 335 Å². The molecule has 290 valence electrons. The summed E-state index contributed by atoms with van der Waals surface area (Å²) >= 11 is 0. The monoisotopic (exact) mass is 761 g/mol. The van der Waals surface area contributed by atoms with Crippen molar-refractivity contribution in [3.63, 3.8) is 0 Å². The molecule has 3 nitrogen and oxygen atoms in total. The Bertz CT molecular complexity index is 2360. The van der Waals surface area contributed by atoms with E-state index in [9.17, 15) is 18.4 Å². The van der Waals surface area contributed by atoms with Gasteiger partial charge in [-0.05, 0) is 130 Å². The molecule has 0 saturated carbocycles. The molecule has 0 spiro atoms. The number of nitrogens with zero attached hydrogens (tertiary/aromatic N) is 1. The van der Waals surface area contributed by atoms with Crippen molar-refractivity contribution in [2.24, 2.45) is 23.2 Å². The Morgan fingerprint density at radius 1 is 0.982 bits per heavy atom. The predicted octanol–water partition coefficient (Wildman–Crippen LogP) is 12.8. The normalized spacial score (nSPS) is 21.3. The second-order valence-electron chi connectivity index (χ2n) is 16.1. The molecule has 1 heterocycles. The van der Waals surface area contributed by atoms with Gasteiger partial charge < -0.3 is 10.7 Å². The van der Waals surface area contributed by atoms with Crippen LogP contribution in [0.3, 0.4) is 0 Å². The molecule has 1 aliphatic heterocycles. The largest absolute Gasteiger partial charge is 0.416 e. The van der Waals surface area contributed by atoms with Gasteiger partial charge in [0.15, 0.2) is 0 Å². The highest BCUT2D eigenvalue weighted by molar-refractivity contribution is 5.92. The fraction of sp³-hybridized carbons (Fsp3) is 0.294. The molecular weight excluding hydrogens is 712 g/mol. The number of nitrogens with one attached hydrogen (secondary N) is 2. The Kier molecular flexibility index (Phi) is 11.1. The van der Waals surface area contributed by atoms with E-state index in [1.54, 1.807) is 12.1 Å². The van der Waals surface area contributed by atoms with E-state index in [1.165, 1.54) is 34.0 Å². The number of hydrogen-bond donors (Lipinski definition) is 2. The first kappa shape index (κ1) is 39.6. The van der Waals surface area contributed by atoms with Crippen molar-refractivity contribution in [2.45, 2.75) is 66.0 Å². The summed E-state index contributed by atoms with van der Waals surface area (Å²) < 4.78 is 41.1. The molecule has 7 rings (SSSR count). The lowest BCUT2D eigenvalue weighted by atomic mass is 9.59. The Hall–Kier alpha value is -5.67. The number of nitriles is 1. The van der Waals surface area contributed by atoms with E-state index in [4.69, 9.17) is 5.41 Å². The number of fused-ring (bicyclic) bond motifs is 2. The standard InChI is InChI=1S/C51H50F3N3/c1-6-42(32(2)3)43-13-9-8-12-40(43)29-50(49-34(5)57-26-25-38-11-7-10-14-44(38)49)47(27-33(4)36-19-22-41(23-20-36)51(52,53)54)46(31-56)45-24-21-39(28-48(45)50)37-17-15-35(30-55)16-18-37/h7-24,27-28,31-32,42,45,48,56-57H,6,25-26,29H2,1-5H3/b33-27+,56-31?. The highest BCUT2D eigenvalue weighted by Crippen LogP contribution is 2.63. The van der Waals surface area contributed by atoms with Crippen LogP contribution in [0.1, 0.15) is 91.5 Å².